The highest BCUT2D eigenvalue weighted by Crippen LogP contribution is 2.47. The molecule has 3 amide bonds. The van der Waals surface area contributed by atoms with Gasteiger partial charge in [-0.3, -0.25) is 10.1 Å². The number of carbonyl (C=O) groups is 2. The van der Waals surface area contributed by atoms with Gasteiger partial charge >= 0.3 is 6.03 Å². The summed E-state index contributed by atoms with van der Waals surface area (Å²) in [6.45, 7) is 3.55. The number of benzene rings is 2. The highest BCUT2D eigenvalue weighted by molar-refractivity contribution is 7.09. The number of nitrogens with zero attached hydrogens (tertiary/aromatic N) is 4. The van der Waals surface area contributed by atoms with E-state index in [2.05, 4.69) is 20.7 Å². The van der Waals surface area contributed by atoms with E-state index in [0.717, 1.165) is 29.1 Å². The zero-order chi connectivity index (χ0) is 21.4. The number of hydrogen-bond donors (Lipinski definition) is 1. The monoisotopic (exact) mass is 433 g/mol. The lowest BCUT2D eigenvalue weighted by molar-refractivity contribution is -0.116. The number of likely N-dealkylation sites (tertiary alicyclic amines) is 1. The highest BCUT2D eigenvalue weighted by Gasteiger charge is 2.46. The van der Waals surface area contributed by atoms with Gasteiger partial charge in [0.2, 0.25) is 11.9 Å². The molecule has 0 atom stereocenters. The predicted octanol–water partition coefficient (Wildman–Crippen LogP) is 4.14. The van der Waals surface area contributed by atoms with Gasteiger partial charge in [-0.1, -0.05) is 48.5 Å². The Hall–Kier alpha value is -3.26. The molecular formula is C23H23N5O2S. The molecule has 1 fully saturated rings. The standard InChI is InChI=1S/C23H23N5O2S/c1-16(29)28-15-23(18-9-5-6-10-19(18)28)11-13-27(14-12-23)22(30)25-21-24-20(31-26-21)17-7-3-2-4-8-17/h2-10H,11-15H2,1H3,(H,25,26,30). The number of urea groups is 1. The summed E-state index contributed by atoms with van der Waals surface area (Å²) in [4.78, 5) is 33.1. The molecule has 5 rings (SSSR count). The number of piperidine rings is 1. The molecule has 31 heavy (non-hydrogen) atoms. The van der Waals surface area contributed by atoms with E-state index < -0.39 is 0 Å². The Kier molecular flexibility index (Phi) is 4.94. The van der Waals surface area contributed by atoms with Gasteiger partial charge in [-0.05, 0) is 36.0 Å². The van der Waals surface area contributed by atoms with Crippen LogP contribution in [-0.2, 0) is 10.2 Å². The first-order chi connectivity index (χ1) is 15.1. The fourth-order valence-corrected chi connectivity index (χ4v) is 5.25. The predicted molar refractivity (Wildman–Crippen MR) is 121 cm³/mol. The molecule has 1 aromatic heterocycles. The topological polar surface area (TPSA) is 78.4 Å². The lowest BCUT2D eigenvalue weighted by atomic mass is 9.74. The molecule has 0 unspecified atom stereocenters. The Morgan fingerprint density at radius 1 is 1.03 bits per heavy atom. The molecule has 2 aliphatic heterocycles. The zero-order valence-corrected chi connectivity index (χ0v) is 18.1. The lowest BCUT2D eigenvalue weighted by Gasteiger charge is -2.39. The number of anilines is 2. The summed E-state index contributed by atoms with van der Waals surface area (Å²) in [5, 5.41) is 3.62. The van der Waals surface area contributed by atoms with Gasteiger partial charge in [0.15, 0.2) is 0 Å². The van der Waals surface area contributed by atoms with Crippen molar-refractivity contribution in [1.29, 1.82) is 0 Å². The van der Waals surface area contributed by atoms with Gasteiger partial charge in [0.1, 0.15) is 5.01 Å². The molecule has 1 N–H and O–H groups in total. The second-order valence-electron chi connectivity index (χ2n) is 8.11. The van der Waals surface area contributed by atoms with Crippen LogP contribution in [0.15, 0.2) is 54.6 Å². The number of rotatable bonds is 2. The summed E-state index contributed by atoms with van der Waals surface area (Å²) in [5.74, 6) is 0.399. The number of fused-ring (bicyclic) bond motifs is 2. The van der Waals surface area contributed by atoms with Gasteiger partial charge in [0, 0.05) is 43.2 Å². The maximum Gasteiger partial charge on any atom is 0.324 e. The van der Waals surface area contributed by atoms with E-state index in [-0.39, 0.29) is 17.4 Å². The SMILES string of the molecule is CC(=O)N1CC2(CCN(C(=O)Nc3nsc(-c4ccccc4)n3)CC2)c2ccccc21. The van der Waals surface area contributed by atoms with E-state index in [4.69, 9.17) is 0 Å². The van der Waals surface area contributed by atoms with Gasteiger partial charge in [-0.15, -0.1) is 0 Å². The smallest absolute Gasteiger partial charge is 0.324 e. The Labute approximate surface area is 184 Å². The molecule has 2 aromatic carbocycles. The Morgan fingerprint density at radius 2 is 1.74 bits per heavy atom. The Bertz CT molecular complexity index is 1120. The van der Waals surface area contributed by atoms with Gasteiger partial charge < -0.3 is 9.80 Å². The molecule has 158 valence electrons. The number of amides is 3. The van der Waals surface area contributed by atoms with Crippen molar-refractivity contribution in [2.75, 3.05) is 29.9 Å². The van der Waals surface area contributed by atoms with Crippen LogP contribution in [0.5, 0.6) is 0 Å². The summed E-state index contributed by atoms with van der Waals surface area (Å²) in [6, 6.07) is 17.8. The molecule has 7 nitrogen and oxygen atoms in total. The molecule has 8 heteroatoms. The summed E-state index contributed by atoms with van der Waals surface area (Å²) >= 11 is 1.27. The molecule has 1 saturated heterocycles. The van der Waals surface area contributed by atoms with Crippen LogP contribution < -0.4 is 10.2 Å². The van der Waals surface area contributed by atoms with Crippen LogP contribution in [0.3, 0.4) is 0 Å². The van der Waals surface area contributed by atoms with Crippen LogP contribution >= 0.6 is 11.5 Å². The summed E-state index contributed by atoms with van der Waals surface area (Å²) in [7, 11) is 0. The van der Waals surface area contributed by atoms with Gasteiger partial charge in [-0.2, -0.15) is 9.36 Å². The van der Waals surface area contributed by atoms with Crippen LogP contribution in [0.2, 0.25) is 0 Å². The zero-order valence-electron chi connectivity index (χ0n) is 17.2. The molecule has 3 aromatic rings. The number of aromatic nitrogens is 2. The number of para-hydroxylation sites is 1. The minimum atomic E-state index is -0.179. The largest absolute Gasteiger partial charge is 0.324 e. The van der Waals surface area contributed by atoms with Crippen LogP contribution in [0, 0.1) is 0 Å². The molecule has 0 aliphatic carbocycles. The van der Waals surface area contributed by atoms with Crippen LogP contribution in [0.25, 0.3) is 10.6 Å². The van der Waals surface area contributed by atoms with E-state index in [0.29, 0.717) is 25.6 Å². The molecule has 0 radical (unpaired) electrons. The fraction of sp³-hybridized carbons (Fsp3) is 0.304. The number of nitrogens with one attached hydrogen (secondary N) is 1. The van der Waals surface area contributed by atoms with Gasteiger partial charge in [0.05, 0.1) is 0 Å². The maximum absolute atomic E-state index is 12.8. The first-order valence-corrected chi connectivity index (χ1v) is 11.2. The summed E-state index contributed by atoms with van der Waals surface area (Å²) in [6.07, 6.45) is 1.64. The van der Waals surface area contributed by atoms with E-state index in [1.807, 2.05) is 58.3 Å². The minimum absolute atomic E-state index is 0.0633. The molecule has 3 heterocycles. The van der Waals surface area contributed by atoms with Crippen molar-refractivity contribution in [3.05, 3.63) is 60.2 Å². The van der Waals surface area contributed by atoms with Crippen molar-refractivity contribution in [3.8, 4) is 10.6 Å². The Balaban J connectivity index is 1.26. The van der Waals surface area contributed by atoms with E-state index >= 15 is 0 Å². The average molecular weight is 434 g/mol. The molecule has 2 aliphatic rings. The third-order valence-corrected chi connectivity index (χ3v) is 7.04. The first-order valence-electron chi connectivity index (χ1n) is 10.4. The summed E-state index contributed by atoms with van der Waals surface area (Å²) in [5.41, 5.74) is 3.13. The van der Waals surface area contributed by atoms with Crippen LogP contribution in [0.1, 0.15) is 25.3 Å². The van der Waals surface area contributed by atoms with Crippen LogP contribution in [0.4, 0.5) is 16.4 Å². The third kappa shape index (κ3) is 3.57. The second kappa shape index (κ2) is 7.77. The quantitative estimate of drug-likeness (QED) is 0.659. The fourth-order valence-electron chi connectivity index (χ4n) is 4.62. The second-order valence-corrected chi connectivity index (χ2v) is 8.86. The van der Waals surface area contributed by atoms with Crippen molar-refractivity contribution in [3.63, 3.8) is 0 Å². The molecule has 0 saturated carbocycles. The summed E-state index contributed by atoms with van der Waals surface area (Å²) < 4.78 is 4.29. The van der Waals surface area contributed by atoms with Gasteiger partial charge in [-0.25, -0.2) is 4.79 Å². The maximum atomic E-state index is 12.8. The highest BCUT2D eigenvalue weighted by atomic mass is 32.1. The number of carbonyl (C=O) groups excluding carboxylic acids is 2. The number of hydrogen-bond acceptors (Lipinski definition) is 5. The normalized spacial score (nSPS) is 16.9. The molecule has 0 bridgehead atoms. The average Bonchev–Trinajstić information content (AvgIpc) is 3.39. The van der Waals surface area contributed by atoms with Crippen molar-refractivity contribution in [1.82, 2.24) is 14.3 Å². The molecule has 1 spiro atoms. The minimum Gasteiger partial charge on any atom is -0.324 e. The van der Waals surface area contributed by atoms with Gasteiger partial charge in [0.25, 0.3) is 0 Å². The van der Waals surface area contributed by atoms with Crippen molar-refractivity contribution < 1.29 is 9.59 Å². The van der Waals surface area contributed by atoms with Crippen LogP contribution in [-0.4, -0.2) is 45.8 Å². The molecular weight excluding hydrogens is 410 g/mol. The lowest BCUT2D eigenvalue weighted by Crippen LogP contribution is -2.48. The van der Waals surface area contributed by atoms with Crippen molar-refractivity contribution in [2.24, 2.45) is 0 Å². The van der Waals surface area contributed by atoms with E-state index in [1.165, 1.54) is 17.1 Å². The van der Waals surface area contributed by atoms with E-state index in [1.54, 1.807) is 6.92 Å². The van der Waals surface area contributed by atoms with Crippen molar-refractivity contribution in [2.45, 2.75) is 25.2 Å². The Morgan fingerprint density at radius 3 is 2.48 bits per heavy atom. The van der Waals surface area contributed by atoms with Crippen molar-refractivity contribution >= 4 is 35.1 Å². The first kappa shape index (κ1) is 19.7. The van der Waals surface area contributed by atoms with E-state index in [9.17, 15) is 9.59 Å². The third-order valence-electron chi connectivity index (χ3n) is 6.28.